The van der Waals surface area contributed by atoms with Crippen LogP contribution in [-0.2, 0) is 6.42 Å². The van der Waals surface area contributed by atoms with E-state index in [4.69, 9.17) is 11.6 Å². The van der Waals surface area contributed by atoms with Crippen molar-refractivity contribution in [2.75, 3.05) is 0 Å². The van der Waals surface area contributed by atoms with Crippen LogP contribution in [0.25, 0.3) is 10.8 Å². The highest BCUT2D eigenvalue weighted by molar-refractivity contribution is 9.10. The lowest BCUT2D eigenvalue weighted by atomic mass is 9.99. The monoisotopic (exact) mass is 296 g/mol. The van der Waals surface area contributed by atoms with Gasteiger partial charge < -0.3 is 0 Å². The Balaban J connectivity index is 2.65. The van der Waals surface area contributed by atoms with E-state index in [0.29, 0.717) is 0 Å². The average molecular weight is 298 g/mol. The van der Waals surface area contributed by atoms with E-state index in [1.807, 2.05) is 6.07 Å². The molecule has 2 rings (SSSR count). The van der Waals surface area contributed by atoms with Gasteiger partial charge in [-0.2, -0.15) is 0 Å². The van der Waals surface area contributed by atoms with Gasteiger partial charge in [0.25, 0.3) is 0 Å². The van der Waals surface area contributed by atoms with Crippen LogP contribution in [0.4, 0.5) is 0 Å². The Hall–Kier alpha value is -0.530. The van der Waals surface area contributed by atoms with Gasteiger partial charge in [-0.1, -0.05) is 37.1 Å². The number of halogens is 2. The summed E-state index contributed by atoms with van der Waals surface area (Å²) in [4.78, 5) is 0. The summed E-state index contributed by atoms with van der Waals surface area (Å²) in [6.07, 6.45) is 2.32. The second-order valence-electron chi connectivity index (χ2n) is 4.14. The predicted molar refractivity (Wildman–Crippen MR) is 75.4 cm³/mol. The number of hydrogen-bond donors (Lipinski definition) is 0. The van der Waals surface area contributed by atoms with Gasteiger partial charge in [0, 0.05) is 4.47 Å². The molecule has 2 aromatic rings. The molecule has 0 aromatic heterocycles. The van der Waals surface area contributed by atoms with Crippen LogP contribution in [0.15, 0.2) is 28.7 Å². The summed E-state index contributed by atoms with van der Waals surface area (Å²) in [5.41, 5.74) is 2.79. The first kappa shape index (κ1) is 11.9. The van der Waals surface area contributed by atoms with Crippen LogP contribution in [0.2, 0.25) is 5.02 Å². The Morgan fingerprint density at radius 3 is 2.50 bits per heavy atom. The maximum atomic E-state index is 6.09. The van der Waals surface area contributed by atoms with Crippen LogP contribution in [-0.4, -0.2) is 0 Å². The van der Waals surface area contributed by atoms with E-state index in [0.717, 1.165) is 15.9 Å². The van der Waals surface area contributed by atoms with E-state index in [1.54, 1.807) is 0 Å². The fourth-order valence-electron chi connectivity index (χ4n) is 1.99. The van der Waals surface area contributed by atoms with E-state index in [2.05, 4.69) is 48.0 Å². The molecule has 0 atom stereocenters. The fourth-order valence-corrected chi connectivity index (χ4v) is 2.53. The average Bonchev–Trinajstić information content (AvgIpc) is 2.23. The zero-order chi connectivity index (χ0) is 11.7. The molecule has 0 amide bonds. The Kier molecular flexibility index (Phi) is 3.56. The lowest BCUT2D eigenvalue weighted by Crippen LogP contribution is -1.89. The molecular formula is C14H14BrCl. The second-order valence-corrected chi connectivity index (χ2v) is 5.40. The first-order valence-electron chi connectivity index (χ1n) is 5.50. The van der Waals surface area contributed by atoms with E-state index >= 15 is 0 Å². The predicted octanol–water partition coefficient (Wildman–Crippen LogP) is 5.52. The lowest BCUT2D eigenvalue weighted by Gasteiger charge is -2.08. The number of hydrogen-bond acceptors (Lipinski definition) is 0. The van der Waals surface area contributed by atoms with Crippen molar-refractivity contribution in [3.8, 4) is 0 Å². The minimum atomic E-state index is 0.773. The van der Waals surface area contributed by atoms with Crippen LogP contribution in [0.1, 0.15) is 24.5 Å². The molecule has 0 aliphatic rings. The minimum Gasteiger partial charge on any atom is -0.0831 e. The maximum Gasteiger partial charge on any atom is 0.0554 e. The zero-order valence-corrected chi connectivity index (χ0v) is 11.8. The molecule has 0 radical (unpaired) electrons. The van der Waals surface area contributed by atoms with Crippen molar-refractivity contribution < 1.29 is 0 Å². The molecule has 0 unspecified atom stereocenters. The molecule has 16 heavy (non-hydrogen) atoms. The zero-order valence-electron chi connectivity index (χ0n) is 9.48. The van der Waals surface area contributed by atoms with Crippen molar-refractivity contribution in [2.45, 2.75) is 26.7 Å². The highest BCUT2D eigenvalue weighted by Gasteiger charge is 2.04. The number of benzene rings is 2. The van der Waals surface area contributed by atoms with Gasteiger partial charge in [0.1, 0.15) is 0 Å². The first-order valence-corrected chi connectivity index (χ1v) is 6.67. The third-order valence-electron chi connectivity index (χ3n) is 2.85. The fraction of sp³-hybridized carbons (Fsp3) is 0.286. The van der Waals surface area contributed by atoms with Crippen molar-refractivity contribution >= 4 is 38.3 Å². The van der Waals surface area contributed by atoms with Gasteiger partial charge in [0.05, 0.1) is 5.02 Å². The summed E-state index contributed by atoms with van der Waals surface area (Å²) < 4.78 is 0.966. The van der Waals surface area contributed by atoms with Gasteiger partial charge in [-0.05, 0) is 63.3 Å². The smallest absolute Gasteiger partial charge is 0.0554 e. The Labute approximate surface area is 110 Å². The third-order valence-corrected chi connectivity index (χ3v) is 4.05. The summed E-state index contributed by atoms with van der Waals surface area (Å²) in [5.74, 6) is 0. The van der Waals surface area contributed by atoms with Gasteiger partial charge in [-0.3, -0.25) is 0 Å². The maximum absolute atomic E-state index is 6.09. The van der Waals surface area contributed by atoms with Crippen molar-refractivity contribution in [2.24, 2.45) is 0 Å². The molecule has 2 aromatic carbocycles. The SMILES string of the molecule is CCCc1cc2cc(Br)c(Cl)cc2cc1C. The topological polar surface area (TPSA) is 0 Å². The van der Waals surface area contributed by atoms with Crippen molar-refractivity contribution in [3.05, 3.63) is 44.9 Å². The molecule has 0 saturated heterocycles. The van der Waals surface area contributed by atoms with Gasteiger partial charge in [0.15, 0.2) is 0 Å². The second kappa shape index (κ2) is 4.77. The number of aryl methyl sites for hydroxylation is 2. The summed E-state index contributed by atoms with van der Waals surface area (Å²) in [7, 11) is 0. The normalized spacial score (nSPS) is 11.0. The standard InChI is InChI=1S/C14H14BrCl/c1-3-4-10-6-12-7-13(15)14(16)8-11(12)5-9(10)2/h5-8H,3-4H2,1-2H3. The minimum absolute atomic E-state index is 0.773. The van der Waals surface area contributed by atoms with E-state index in [-0.39, 0.29) is 0 Å². The quantitative estimate of drug-likeness (QED) is 0.685. The van der Waals surface area contributed by atoms with Gasteiger partial charge in [0.2, 0.25) is 0 Å². The van der Waals surface area contributed by atoms with Crippen molar-refractivity contribution in [1.82, 2.24) is 0 Å². The van der Waals surface area contributed by atoms with E-state index < -0.39 is 0 Å². The Morgan fingerprint density at radius 1 is 1.12 bits per heavy atom. The number of fused-ring (bicyclic) bond motifs is 1. The van der Waals surface area contributed by atoms with Gasteiger partial charge in [-0.15, -0.1) is 0 Å². The molecule has 0 spiro atoms. The molecule has 0 aliphatic carbocycles. The summed E-state index contributed by atoms with van der Waals surface area (Å²) >= 11 is 9.56. The van der Waals surface area contributed by atoms with Gasteiger partial charge >= 0.3 is 0 Å². The first-order chi connectivity index (χ1) is 7.61. The summed E-state index contributed by atoms with van der Waals surface area (Å²) in [5, 5.41) is 3.24. The van der Waals surface area contributed by atoms with Crippen LogP contribution >= 0.6 is 27.5 Å². The molecule has 84 valence electrons. The molecule has 0 aliphatic heterocycles. The van der Waals surface area contributed by atoms with E-state index in [9.17, 15) is 0 Å². The highest BCUT2D eigenvalue weighted by atomic mass is 79.9. The Bertz CT molecular complexity index is 532. The number of rotatable bonds is 2. The molecule has 0 N–H and O–H groups in total. The Morgan fingerprint density at radius 2 is 1.81 bits per heavy atom. The van der Waals surface area contributed by atoms with E-state index in [1.165, 1.54) is 28.3 Å². The largest absolute Gasteiger partial charge is 0.0831 e. The van der Waals surface area contributed by atoms with Gasteiger partial charge in [-0.25, -0.2) is 0 Å². The lowest BCUT2D eigenvalue weighted by molar-refractivity contribution is 0.915. The summed E-state index contributed by atoms with van der Waals surface area (Å²) in [6.45, 7) is 4.38. The van der Waals surface area contributed by atoms with Crippen molar-refractivity contribution in [1.29, 1.82) is 0 Å². The molecule has 0 fully saturated rings. The van der Waals surface area contributed by atoms with Crippen LogP contribution in [0, 0.1) is 6.92 Å². The summed E-state index contributed by atoms with van der Waals surface area (Å²) in [6, 6.07) is 8.61. The van der Waals surface area contributed by atoms with Crippen LogP contribution < -0.4 is 0 Å². The van der Waals surface area contributed by atoms with Crippen LogP contribution in [0.5, 0.6) is 0 Å². The molecule has 0 heterocycles. The highest BCUT2D eigenvalue weighted by Crippen LogP contribution is 2.30. The third kappa shape index (κ3) is 2.26. The molecule has 2 heteroatoms. The van der Waals surface area contributed by atoms with Crippen molar-refractivity contribution in [3.63, 3.8) is 0 Å². The van der Waals surface area contributed by atoms with Crippen LogP contribution in [0.3, 0.4) is 0 Å². The molecule has 0 saturated carbocycles. The molecule has 0 bridgehead atoms. The molecular weight excluding hydrogens is 284 g/mol. The molecule has 0 nitrogen and oxygen atoms in total.